The molecule has 11 heteroatoms. The van der Waals surface area contributed by atoms with E-state index in [-0.39, 0.29) is 19.6 Å². The first kappa shape index (κ1) is 26.8. The van der Waals surface area contributed by atoms with E-state index in [1.807, 2.05) is 81.7 Å². The van der Waals surface area contributed by atoms with E-state index in [4.69, 9.17) is 9.47 Å². The number of benzene rings is 1. The van der Waals surface area contributed by atoms with Gasteiger partial charge in [-0.15, -0.1) is 10.2 Å². The van der Waals surface area contributed by atoms with E-state index in [0.29, 0.717) is 24.5 Å². The third-order valence-electron chi connectivity index (χ3n) is 5.90. The number of esters is 1. The number of amides is 1. The highest BCUT2D eigenvalue weighted by molar-refractivity contribution is 5.81. The fourth-order valence-corrected chi connectivity index (χ4v) is 3.99. The second kappa shape index (κ2) is 13.3. The molecule has 39 heavy (non-hydrogen) atoms. The van der Waals surface area contributed by atoms with Crippen LogP contribution in [-0.2, 0) is 47.0 Å². The van der Waals surface area contributed by atoms with E-state index in [1.165, 1.54) is 0 Å². The van der Waals surface area contributed by atoms with Crippen LogP contribution in [0.1, 0.15) is 17.0 Å². The van der Waals surface area contributed by atoms with Gasteiger partial charge < -0.3 is 14.8 Å². The number of hydrogen-bond acceptors (Lipinski definition) is 8. The zero-order valence-electron chi connectivity index (χ0n) is 21.1. The molecule has 0 aliphatic heterocycles. The highest BCUT2D eigenvalue weighted by Crippen LogP contribution is 2.25. The van der Waals surface area contributed by atoms with Crippen molar-refractivity contribution in [2.45, 2.75) is 38.8 Å². The highest BCUT2D eigenvalue weighted by Gasteiger charge is 2.25. The molecular formula is C28H27N7O4. The Morgan fingerprint density at radius 1 is 0.769 bits per heavy atom. The molecule has 1 amide bonds. The van der Waals surface area contributed by atoms with Crippen molar-refractivity contribution in [1.82, 2.24) is 35.3 Å². The Hall–Kier alpha value is -3.76. The van der Waals surface area contributed by atoms with Crippen LogP contribution in [0.4, 0.5) is 4.79 Å². The van der Waals surface area contributed by atoms with Gasteiger partial charge in [-0.1, -0.05) is 40.8 Å². The number of ether oxygens (including phenoxy) is 2. The maximum atomic E-state index is 13.0. The van der Waals surface area contributed by atoms with Gasteiger partial charge in [0.15, 0.2) is 0 Å². The van der Waals surface area contributed by atoms with Gasteiger partial charge in [0.05, 0.1) is 12.4 Å². The topological polar surface area (TPSA) is 126 Å². The summed E-state index contributed by atoms with van der Waals surface area (Å²) in [5.74, 6) is 1.58. The molecule has 0 bridgehead atoms. The van der Waals surface area contributed by atoms with Gasteiger partial charge >= 0.3 is 12.1 Å². The van der Waals surface area contributed by atoms with Gasteiger partial charge in [-0.3, -0.25) is 9.36 Å². The summed E-state index contributed by atoms with van der Waals surface area (Å²) in [5.41, 5.74) is 1.85. The summed E-state index contributed by atoms with van der Waals surface area (Å²) in [6.07, 6.45) is 18.7. The van der Waals surface area contributed by atoms with Crippen LogP contribution in [0, 0.1) is 63.2 Å². The van der Waals surface area contributed by atoms with Crippen molar-refractivity contribution in [2.24, 2.45) is 0 Å². The summed E-state index contributed by atoms with van der Waals surface area (Å²) in [4.78, 5) is 25.6. The molecule has 1 N–H and O–H groups in total. The monoisotopic (exact) mass is 525 g/mol. The smallest absolute Gasteiger partial charge is 0.408 e. The summed E-state index contributed by atoms with van der Waals surface area (Å²) in [7, 11) is 0. The first-order chi connectivity index (χ1) is 19.1. The number of carbonyl (C=O) groups is 2. The summed E-state index contributed by atoms with van der Waals surface area (Å²) in [6, 6.07) is 8.37. The van der Waals surface area contributed by atoms with Crippen LogP contribution in [0.15, 0.2) is 42.7 Å². The molecule has 0 spiro atoms. The highest BCUT2D eigenvalue weighted by atomic mass is 16.6. The maximum Gasteiger partial charge on any atom is 0.408 e. The lowest BCUT2D eigenvalue weighted by Gasteiger charge is -2.17. The van der Waals surface area contributed by atoms with E-state index < -0.39 is 18.1 Å². The Morgan fingerprint density at radius 2 is 1.31 bits per heavy atom. The van der Waals surface area contributed by atoms with Gasteiger partial charge in [0.25, 0.3) is 0 Å². The first-order valence-corrected chi connectivity index (χ1v) is 12.4. The van der Waals surface area contributed by atoms with Crippen molar-refractivity contribution in [2.75, 3.05) is 0 Å². The molecule has 1 aromatic carbocycles. The third kappa shape index (κ3) is 8.11. The van der Waals surface area contributed by atoms with Crippen LogP contribution < -0.4 is 5.32 Å². The Labute approximate surface area is 228 Å². The molecular weight excluding hydrogens is 498 g/mol. The SMILES string of the molecule is O=C(N[C@@H](Cc1ccccc1)C(=O)OCc1cn(C[C]2[CH][CH][CH][CH]2)nn1)OCc1cn(C[C]2[CH][CH][CH][CH]2)nn1. The van der Waals surface area contributed by atoms with Gasteiger partial charge in [0.2, 0.25) is 0 Å². The lowest BCUT2D eigenvalue weighted by atomic mass is 10.1. The van der Waals surface area contributed by atoms with Crippen LogP contribution in [0.3, 0.4) is 0 Å². The molecule has 2 aliphatic carbocycles. The van der Waals surface area contributed by atoms with Crippen molar-refractivity contribution in [3.8, 4) is 0 Å². The molecule has 2 aromatic heterocycles. The van der Waals surface area contributed by atoms with Gasteiger partial charge in [0.1, 0.15) is 30.6 Å². The van der Waals surface area contributed by atoms with Crippen LogP contribution in [-0.4, -0.2) is 48.1 Å². The molecule has 1 atom stereocenters. The number of carbonyl (C=O) groups excluding carboxylic acids is 2. The number of rotatable bonds is 12. The van der Waals surface area contributed by atoms with Crippen molar-refractivity contribution in [3.63, 3.8) is 0 Å². The lowest BCUT2D eigenvalue weighted by molar-refractivity contribution is -0.147. The third-order valence-corrected chi connectivity index (χ3v) is 5.90. The largest absolute Gasteiger partial charge is 0.457 e. The fraction of sp³-hybridized carbons (Fsp3) is 0.214. The van der Waals surface area contributed by atoms with E-state index in [0.717, 1.165) is 17.4 Å². The predicted molar refractivity (Wildman–Crippen MR) is 138 cm³/mol. The van der Waals surface area contributed by atoms with Crippen molar-refractivity contribution < 1.29 is 19.1 Å². The predicted octanol–water partition coefficient (Wildman–Crippen LogP) is 2.26. The molecule has 11 nitrogen and oxygen atoms in total. The summed E-state index contributed by atoms with van der Waals surface area (Å²) in [5, 5.41) is 18.9. The summed E-state index contributed by atoms with van der Waals surface area (Å²) < 4.78 is 14.1. The summed E-state index contributed by atoms with van der Waals surface area (Å²) >= 11 is 0. The van der Waals surface area contributed by atoms with Crippen LogP contribution in [0.25, 0.3) is 0 Å². The van der Waals surface area contributed by atoms with Gasteiger partial charge in [-0.05, 0) is 56.9 Å². The minimum absolute atomic E-state index is 0.0750. The Morgan fingerprint density at radius 3 is 1.87 bits per heavy atom. The minimum Gasteiger partial charge on any atom is -0.457 e. The average molecular weight is 526 g/mol. The molecule has 2 heterocycles. The van der Waals surface area contributed by atoms with E-state index >= 15 is 0 Å². The molecule has 0 unspecified atom stereocenters. The van der Waals surface area contributed by atoms with Gasteiger partial charge in [-0.2, -0.15) is 0 Å². The molecule has 5 rings (SSSR count). The zero-order chi connectivity index (χ0) is 26.9. The van der Waals surface area contributed by atoms with Crippen LogP contribution >= 0.6 is 0 Å². The molecule has 2 aliphatic rings. The second-order valence-corrected chi connectivity index (χ2v) is 8.97. The van der Waals surface area contributed by atoms with Crippen molar-refractivity contribution in [3.05, 3.63) is 123 Å². The fourth-order valence-electron chi connectivity index (χ4n) is 3.99. The number of nitrogens with zero attached hydrogens (tertiary/aromatic N) is 6. The molecule has 10 radical (unpaired) electrons. The Balaban J connectivity index is 1.12. The number of hydrogen-bond donors (Lipinski definition) is 1. The Kier molecular flexibility index (Phi) is 9.18. The average Bonchev–Trinajstić information content (AvgIpc) is 3.77. The molecule has 2 fully saturated rings. The van der Waals surface area contributed by atoms with Crippen molar-refractivity contribution in [1.29, 1.82) is 0 Å². The second-order valence-electron chi connectivity index (χ2n) is 8.97. The standard InChI is InChI=1S/C28H27N7O4/c36-27(38-19-24-17-34(32-30-24)15-22-10-4-5-11-22)26(14-21-8-2-1-3-9-21)29-28(37)39-20-25-18-35(33-31-25)16-23-12-6-7-13-23/h1-13,17-18,26H,14-16,19-20H2,(H,29,37)/t26-/m0/s1. The van der Waals surface area contributed by atoms with E-state index in [9.17, 15) is 9.59 Å². The van der Waals surface area contributed by atoms with Crippen LogP contribution in [0.2, 0.25) is 0 Å². The van der Waals surface area contributed by atoms with E-state index in [2.05, 4.69) is 25.9 Å². The molecule has 198 valence electrons. The normalized spacial score (nSPS) is 16.8. The van der Waals surface area contributed by atoms with Gasteiger partial charge in [0, 0.05) is 31.3 Å². The van der Waals surface area contributed by atoms with Gasteiger partial charge in [-0.25, -0.2) is 9.59 Å². The molecule has 0 saturated heterocycles. The minimum atomic E-state index is -0.965. The zero-order valence-corrected chi connectivity index (χ0v) is 21.1. The molecule has 2 saturated carbocycles. The molecule has 3 aromatic rings. The maximum absolute atomic E-state index is 13.0. The lowest BCUT2D eigenvalue weighted by Crippen LogP contribution is -2.43. The van der Waals surface area contributed by atoms with Crippen LogP contribution in [0.5, 0.6) is 0 Å². The summed E-state index contributed by atoms with van der Waals surface area (Å²) in [6.45, 7) is 0.971. The number of aromatic nitrogens is 6. The number of alkyl carbamates (subject to hydrolysis) is 1. The number of nitrogens with one attached hydrogen (secondary N) is 1. The first-order valence-electron chi connectivity index (χ1n) is 12.4. The quantitative estimate of drug-likeness (QED) is 0.357. The van der Waals surface area contributed by atoms with Crippen molar-refractivity contribution >= 4 is 12.1 Å². The Bertz CT molecular complexity index is 1200. The van der Waals surface area contributed by atoms with E-state index in [1.54, 1.807) is 21.8 Å².